The molecule has 2 bridgehead atoms. The molecule has 1 amide bonds. The Balaban J connectivity index is 1.32. The maximum absolute atomic E-state index is 11.9. The number of carbonyl (C=O) groups excluding carboxylic acids is 1. The average molecular weight is 500 g/mol. The molecule has 2 saturated heterocycles. The summed E-state index contributed by atoms with van der Waals surface area (Å²) in [6, 6.07) is 10.6. The van der Waals surface area contributed by atoms with Crippen LogP contribution in [-0.2, 0) is 4.79 Å². The van der Waals surface area contributed by atoms with Crippen molar-refractivity contribution in [3.63, 3.8) is 0 Å². The van der Waals surface area contributed by atoms with Crippen LogP contribution in [0.15, 0.2) is 36.7 Å². The molecule has 10 nitrogen and oxygen atoms in total. The van der Waals surface area contributed by atoms with Crippen molar-refractivity contribution in [3.8, 4) is 28.0 Å². The van der Waals surface area contributed by atoms with Crippen LogP contribution in [0.4, 0.5) is 10.8 Å². The van der Waals surface area contributed by atoms with Crippen LogP contribution >= 0.6 is 11.3 Å². The third-order valence-corrected chi connectivity index (χ3v) is 7.77. The van der Waals surface area contributed by atoms with Gasteiger partial charge in [-0.1, -0.05) is 11.3 Å². The van der Waals surface area contributed by atoms with E-state index >= 15 is 0 Å². The lowest BCUT2D eigenvalue weighted by atomic mass is 10.1. The minimum atomic E-state index is 0.145. The highest BCUT2D eigenvalue weighted by molar-refractivity contribution is 7.18. The van der Waals surface area contributed by atoms with E-state index in [0.29, 0.717) is 11.6 Å². The zero-order valence-corrected chi connectivity index (χ0v) is 21.0. The van der Waals surface area contributed by atoms with Crippen LogP contribution in [0.1, 0.15) is 32.8 Å². The van der Waals surface area contributed by atoms with Crippen LogP contribution in [0, 0.1) is 11.3 Å². The van der Waals surface area contributed by atoms with Crippen molar-refractivity contribution in [3.05, 3.63) is 42.2 Å². The quantitative estimate of drug-likeness (QED) is 0.444. The van der Waals surface area contributed by atoms with Gasteiger partial charge in [-0.05, 0) is 44.5 Å². The van der Waals surface area contributed by atoms with E-state index < -0.39 is 0 Å². The van der Waals surface area contributed by atoms with Crippen molar-refractivity contribution < 1.29 is 4.79 Å². The van der Waals surface area contributed by atoms with E-state index in [9.17, 15) is 4.79 Å². The van der Waals surface area contributed by atoms with Crippen molar-refractivity contribution in [2.75, 3.05) is 23.3 Å². The molecule has 0 aromatic carbocycles. The number of carbonyl (C=O) groups is 1. The lowest BCUT2D eigenvalue weighted by Crippen LogP contribution is -2.48. The minimum Gasteiger partial charge on any atom is -0.382 e. The Bertz CT molecular complexity index is 1520. The van der Waals surface area contributed by atoms with Crippen LogP contribution in [0.5, 0.6) is 0 Å². The molecule has 0 saturated carbocycles. The second kappa shape index (κ2) is 8.57. The summed E-state index contributed by atoms with van der Waals surface area (Å²) in [5.41, 5.74) is 4.78. The Labute approximate surface area is 212 Å². The number of hydrogen-bond donors (Lipinski definition) is 1. The van der Waals surface area contributed by atoms with E-state index in [4.69, 9.17) is 10.2 Å². The van der Waals surface area contributed by atoms with Crippen LogP contribution in [-0.4, -0.2) is 66.8 Å². The number of nitrogens with one attached hydrogen (secondary N) is 1. The number of anilines is 2. The lowest BCUT2D eigenvalue weighted by molar-refractivity contribution is -0.129. The Morgan fingerprint density at radius 1 is 1.19 bits per heavy atom. The summed E-state index contributed by atoms with van der Waals surface area (Å²) in [4.78, 5) is 20.9. The largest absolute Gasteiger partial charge is 0.382 e. The molecule has 2 aliphatic rings. The molecule has 0 unspecified atom stereocenters. The summed E-state index contributed by atoms with van der Waals surface area (Å²) in [6.07, 6.45) is 4.38. The zero-order valence-electron chi connectivity index (χ0n) is 20.2. The monoisotopic (exact) mass is 499 g/mol. The Morgan fingerprint density at radius 3 is 2.78 bits per heavy atom. The fraction of sp³-hybridized carbons (Fsp3) is 0.360. The van der Waals surface area contributed by atoms with Crippen molar-refractivity contribution in [1.29, 1.82) is 5.26 Å². The highest BCUT2D eigenvalue weighted by Crippen LogP contribution is 2.40. The van der Waals surface area contributed by atoms with Gasteiger partial charge in [-0.25, -0.2) is 4.52 Å². The predicted molar refractivity (Wildman–Crippen MR) is 138 cm³/mol. The molecule has 4 aromatic rings. The fourth-order valence-corrected chi connectivity index (χ4v) is 6.13. The summed E-state index contributed by atoms with van der Waals surface area (Å²) in [5, 5.41) is 27.8. The van der Waals surface area contributed by atoms with Crippen molar-refractivity contribution in [2.45, 2.75) is 45.3 Å². The van der Waals surface area contributed by atoms with Crippen LogP contribution in [0.25, 0.3) is 27.5 Å². The zero-order chi connectivity index (χ0) is 25.0. The van der Waals surface area contributed by atoms with Gasteiger partial charge in [0.05, 0.1) is 46.3 Å². The second-order valence-electron chi connectivity index (χ2n) is 9.58. The number of hydrogen-bond acceptors (Lipinski definition) is 9. The van der Waals surface area contributed by atoms with E-state index in [2.05, 4.69) is 45.4 Å². The van der Waals surface area contributed by atoms with E-state index in [1.54, 1.807) is 29.0 Å². The molecule has 11 heteroatoms. The van der Waals surface area contributed by atoms with Gasteiger partial charge in [0.1, 0.15) is 6.07 Å². The van der Waals surface area contributed by atoms with Gasteiger partial charge in [-0.15, -0.1) is 10.2 Å². The summed E-state index contributed by atoms with van der Waals surface area (Å²) >= 11 is 1.56. The third kappa shape index (κ3) is 3.74. The van der Waals surface area contributed by atoms with Gasteiger partial charge in [0.2, 0.25) is 11.0 Å². The first kappa shape index (κ1) is 22.4. The lowest BCUT2D eigenvalue weighted by Gasteiger charge is -2.33. The highest BCUT2D eigenvalue weighted by atomic mass is 32.1. The smallest absolute Gasteiger partial charge is 0.219 e. The van der Waals surface area contributed by atoms with Crippen LogP contribution in [0.2, 0.25) is 0 Å². The number of amides is 1. The molecule has 6 heterocycles. The Kier molecular flexibility index (Phi) is 5.34. The maximum atomic E-state index is 11.9. The Morgan fingerprint density at radius 2 is 2.06 bits per heavy atom. The topological polar surface area (TPSA) is 115 Å². The first-order valence-electron chi connectivity index (χ1n) is 11.9. The normalized spacial score (nSPS) is 18.9. The van der Waals surface area contributed by atoms with Gasteiger partial charge in [0, 0.05) is 37.9 Å². The van der Waals surface area contributed by atoms with Crippen molar-refractivity contribution in [2.24, 2.45) is 0 Å². The number of piperazine rings is 1. The van der Waals surface area contributed by atoms with E-state index in [1.165, 1.54) is 0 Å². The Hall–Kier alpha value is -4.04. The number of nitriles is 1. The SMILES string of the molecule is CC(=O)N1C[C@@H]2C[C@H]1CN2c1nnc(-c2cnc(-c3ccc4cc(C#N)cnn34)cc2NC(C)C)s1. The molecule has 6 rings (SSSR count). The van der Waals surface area contributed by atoms with E-state index in [1.807, 2.05) is 35.4 Å². The minimum absolute atomic E-state index is 0.145. The summed E-state index contributed by atoms with van der Waals surface area (Å²) in [5.74, 6) is 0.145. The molecular formula is C25H25N9OS. The second-order valence-corrected chi connectivity index (χ2v) is 10.5. The van der Waals surface area contributed by atoms with Gasteiger partial charge < -0.3 is 15.1 Å². The van der Waals surface area contributed by atoms with E-state index in [0.717, 1.165) is 57.8 Å². The molecule has 0 radical (unpaired) electrons. The highest BCUT2D eigenvalue weighted by Gasteiger charge is 2.45. The first-order valence-corrected chi connectivity index (χ1v) is 12.8. The van der Waals surface area contributed by atoms with Gasteiger partial charge in [-0.2, -0.15) is 10.4 Å². The number of nitrogens with zero attached hydrogens (tertiary/aromatic N) is 8. The molecule has 4 aromatic heterocycles. The summed E-state index contributed by atoms with van der Waals surface area (Å²) in [7, 11) is 0. The molecule has 0 aliphatic carbocycles. The maximum Gasteiger partial charge on any atom is 0.219 e. The molecule has 2 fully saturated rings. The van der Waals surface area contributed by atoms with Crippen molar-refractivity contribution >= 4 is 33.6 Å². The molecule has 36 heavy (non-hydrogen) atoms. The van der Waals surface area contributed by atoms with Crippen molar-refractivity contribution in [1.82, 2.24) is 29.7 Å². The summed E-state index contributed by atoms with van der Waals surface area (Å²) < 4.78 is 1.79. The van der Waals surface area contributed by atoms with Gasteiger partial charge >= 0.3 is 0 Å². The molecule has 2 atom stereocenters. The van der Waals surface area contributed by atoms with Gasteiger partial charge in [0.15, 0.2) is 5.01 Å². The first-order chi connectivity index (χ1) is 17.4. The standard InChI is InChI=1S/C25H25N9OS/c1-14(2)29-21-8-22(23-5-4-17-6-16(9-26)10-28-34(17)23)27-11-20(21)24-30-31-25(36-24)33-13-18-7-19(33)12-32(18)15(3)35/h4-6,8,10-11,14,18-19H,7,12-13H2,1-3H3,(H,27,29)/t18-,19-/m0/s1. The van der Waals surface area contributed by atoms with Crippen LogP contribution < -0.4 is 10.2 Å². The molecule has 1 N–H and O–H groups in total. The van der Waals surface area contributed by atoms with Gasteiger partial charge in [0.25, 0.3) is 0 Å². The van der Waals surface area contributed by atoms with Crippen LogP contribution in [0.3, 0.4) is 0 Å². The predicted octanol–water partition coefficient (Wildman–Crippen LogP) is 3.42. The van der Waals surface area contributed by atoms with Gasteiger partial charge in [-0.3, -0.25) is 9.78 Å². The number of fused-ring (bicyclic) bond motifs is 3. The number of likely N-dealkylation sites (tertiary alicyclic amines) is 1. The molecule has 182 valence electrons. The summed E-state index contributed by atoms with van der Waals surface area (Å²) in [6.45, 7) is 7.38. The molecular weight excluding hydrogens is 474 g/mol. The number of rotatable bonds is 5. The number of pyridine rings is 1. The van der Waals surface area contributed by atoms with E-state index in [-0.39, 0.29) is 18.0 Å². The molecule has 0 spiro atoms. The fourth-order valence-electron chi connectivity index (χ4n) is 5.18. The molecule has 2 aliphatic heterocycles. The third-order valence-electron chi connectivity index (χ3n) is 6.78. The number of aromatic nitrogens is 5. The average Bonchev–Trinajstić information content (AvgIpc) is 3.66.